The van der Waals surface area contributed by atoms with Crippen LogP contribution in [0.15, 0.2) is 36.4 Å². The first kappa shape index (κ1) is 21.3. The lowest BCUT2D eigenvalue weighted by molar-refractivity contribution is -0.131. The monoisotopic (exact) mass is 448 g/mol. The molecule has 2 heterocycles. The number of carbonyl (C=O) groups excluding carboxylic acids is 1. The molecule has 1 aromatic heterocycles. The number of carbonyl (C=O) groups is 1. The molecule has 0 saturated heterocycles. The van der Waals surface area contributed by atoms with Gasteiger partial charge in [0.1, 0.15) is 17.7 Å². The molecule has 0 unspecified atom stereocenters. The summed E-state index contributed by atoms with van der Waals surface area (Å²) in [5.41, 5.74) is 4.13. The van der Waals surface area contributed by atoms with Gasteiger partial charge in [-0.2, -0.15) is 10.4 Å². The molecule has 2 aliphatic rings. The van der Waals surface area contributed by atoms with Crippen molar-refractivity contribution in [3.63, 3.8) is 0 Å². The number of fused-ring (bicyclic) bond motifs is 2. The third-order valence-electron chi connectivity index (χ3n) is 6.56. The highest BCUT2D eigenvalue weighted by Crippen LogP contribution is 2.40. The fourth-order valence-electron chi connectivity index (χ4n) is 5.01. The van der Waals surface area contributed by atoms with Crippen molar-refractivity contribution in [1.82, 2.24) is 14.7 Å². The van der Waals surface area contributed by atoms with Gasteiger partial charge < -0.3 is 10.0 Å². The first-order valence-electron chi connectivity index (χ1n) is 11.0. The van der Waals surface area contributed by atoms with Gasteiger partial charge in [0.25, 0.3) is 0 Å². The maximum absolute atomic E-state index is 14.4. The van der Waals surface area contributed by atoms with Crippen LogP contribution < -0.4 is 0 Å². The Labute approximate surface area is 189 Å². The van der Waals surface area contributed by atoms with E-state index in [4.69, 9.17) is 5.10 Å². The van der Waals surface area contributed by atoms with Crippen LogP contribution in [0, 0.1) is 23.0 Å². The highest BCUT2D eigenvalue weighted by Gasteiger charge is 2.39. The van der Waals surface area contributed by atoms with Crippen LogP contribution in [0.2, 0.25) is 0 Å². The van der Waals surface area contributed by atoms with Crippen molar-refractivity contribution >= 4 is 5.91 Å². The SMILES string of the molecule is CCC(=O)N1CCc2c(c(-c3cccc(C#N)c3)nn2[C@@H]2c3cc(F)cc(F)c3C[C@H]2O)C1. The Hall–Kier alpha value is -3.57. The maximum atomic E-state index is 14.4. The predicted molar refractivity (Wildman–Crippen MR) is 116 cm³/mol. The molecule has 0 saturated carbocycles. The summed E-state index contributed by atoms with van der Waals surface area (Å²) in [6.07, 6.45) is -0.00684. The first-order chi connectivity index (χ1) is 15.9. The lowest BCUT2D eigenvalue weighted by atomic mass is 9.99. The number of hydrogen-bond donors (Lipinski definition) is 1. The third kappa shape index (κ3) is 3.49. The van der Waals surface area contributed by atoms with E-state index in [0.717, 1.165) is 17.3 Å². The second kappa shape index (κ2) is 8.09. The van der Waals surface area contributed by atoms with Crippen molar-refractivity contribution in [2.75, 3.05) is 6.54 Å². The average Bonchev–Trinajstić information content (AvgIpc) is 3.35. The molecule has 0 fully saturated rings. The summed E-state index contributed by atoms with van der Waals surface area (Å²) in [5, 5.41) is 25.0. The Kier molecular flexibility index (Phi) is 5.22. The first-order valence-corrected chi connectivity index (χ1v) is 11.0. The summed E-state index contributed by atoms with van der Waals surface area (Å²) in [4.78, 5) is 14.2. The fourth-order valence-corrected chi connectivity index (χ4v) is 5.01. The number of nitrogens with zero attached hydrogens (tertiary/aromatic N) is 4. The van der Waals surface area contributed by atoms with E-state index in [9.17, 15) is 23.9 Å². The predicted octanol–water partition coefficient (Wildman–Crippen LogP) is 3.50. The molecular weight excluding hydrogens is 426 g/mol. The van der Waals surface area contributed by atoms with Gasteiger partial charge in [-0.3, -0.25) is 9.48 Å². The zero-order valence-electron chi connectivity index (χ0n) is 18.1. The topological polar surface area (TPSA) is 82.2 Å². The van der Waals surface area contributed by atoms with Crippen molar-refractivity contribution in [3.8, 4) is 17.3 Å². The van der Waals surface area contributed by atoms with Crippen LogP contribution in [0.4, 0.5) is 8.78 Å². The minimum Gasteiger partial charge on any atom is -0.390 e. The van der Waals surface area contributed by atoms with Crippen LogP contribution in [0.1, 0.15) is 47.3 Å². The van der Waals surface area contributed by atoms with Crippen LogP contribution in [-0.2, 0) is 24.2 Å². The molecule has 8 heteroatoms. The summed E-state index contributed by atoms with van der Waals surface area (Å²) in [5.74, 6) is -1.34. The number of amides is 1. The standard InChI is InChI=1S/C25H22F2N4O2/c1-2-23(33)30-7-6-21-19(13-30)24(15-5-3-4-14(8-15)12-28)29-31(21)25-18-9-16(26)10-20(27)17(18)11-22(25)32/h3-5,8-10,22,25,32H,2,6-7,11,13H2,1H3/t22-,25-/m1/s1. The van der Waals surface area contributed by atoms with Crippen LogP contribution >= 0.6 is 0 Å². The molecule has 1 aliphatic heterocycles. The molecular formula is C25H22F2N4O2. The highest BCUT2D eigenvalue weighted by molar-refractivity contribution is 5.77. The third-order valence-corrected chi connectivity index (χ3v) is 6.56. The molecule has 2 atom stereocenters. The molecule has 6 nitrogen and oxygen atoms in total. The van der Waals surface area contributed by atoms with E-state index in [0.29, 0.717) is 53.9 Å². The Balaban J connectivity index is 1.69. The largest absolute Gasteiger partial charge is 0.390 e. The van der Waals surface area contributed by atoms with Gasteiger partial charge in [-0.25, -0.2) is 8.78 Å². The zero-order chi connectivity index (χ0) is 23.3. The second-order valence-electron chi connectivity index (χ2n) is 8.50. The van der Waals surface area contributed by atoms with E-state index in [1.54, 1.807) is 27.8 Å². The lowest BCUT2D eigenvalue weighted by Gasteiger charge is -2.29. The van der Waals surface area contributed by atoms with Gasteiger partial charge in [-0.05, 0) is 29.3 Å². The zero-order valence-corrected chi connectivity index (χ0v) is 18.1. The van der Waals surface area contributed by atoms with Crippen LogP contribution in [0.3, 0.4) is 0 Å². The van der Waals surface area contributed by atoms with Crippen molar-refractivity contribution in [2.24, 2.45) is 0 Å². The molecule has 5 rings (SSSR count). The number of aliphatic hydroxyl groups excluding tert-OH is 1. The van der Waals surface area contributed by atoms with E-state index < -0.39 is 23.8 Å². The van der Waals surface area contributed by atoms with E-state index >= 15 is 0 Å². The minimum absolute atomic E-state index is 0.0283. The minimum atomic E-state index is -0.964. The quantitative estimate of drug-likeness (QED) is 0.665. The average molecular weight is 448 g/mol. The van der Waals surface area contributed by atoms with E-state index in [2.05, 4.69) is 6.07 Å². The van der Waals surface area contributed by atoms with Crippen molar-refractivity contribution in [1.29, 1.82) is 5.26 Å². The Bertz CT molecular complexity index is 1310. The summed E-state index contributed by atoms with van der Waals surface area (Å²) in [6.45, 7) is 2.66. The number of aromatic nitrogens is 2. The molecule has 2 aromatic carbocycles. The number of benzene rings is 2. The number of aliphatic hydroxyl groups is 1. The van der Waals surface area contributed by atoms with Crippen LogP contribution in [-0.4, -0.2) is 38.3 Å². The summed E-state index contributed by atoms with van der Waals surface area (Å²) in [7, 11) is 0. The Morgan fingerprint density at radius 1 is 1.27 bits per heavy atom. The molecule has 33 heavy (non-hydrogen) atoms. The van der Waals surface area contributed by atoms with Crippen LogP contribution in [0.25, 0.3) is 11.3 Å². The van der Waals surface area contributed by atoms with Crippen molar-refractivity contribution < 1.29 is 18.7 Å². The van der Waals surface area contributed by atoms with Gasteiger partial charge in [0, 0.05) is 55.2 Å². The maximum Gasteiger partial charge on any atom is 0.222 e. The van der Waals surface area contributed by atoms with Crippen molar-refractivity contribution in [3.05, 3.63) is 76.0 Å². The Morgan fingerprint density at radius 3 is 2.85 bits per heavy atom. The van der Waals surface area contributed by atoms with Gasteiger partial charge >= 0.3 is 0 Å². The summed E-state index contributed by atoms with van der Waals surface area (Å²) in [6, 6.07) is 10.5. The number of hydrogen-bond acceptors (Lipinski definition) is 4. The molecule has 1 amide bonds. The van der Waals surface area contributed by atoms with Gasteiger partial charge in [0.05, 0.1) is 23.4 Å². The van der Waals surface area contributed by atoms with Gasteiger partial charge in [0.2, 0.25) is 5.91 Å². The summed E-state index contributed by atoms with van der Waals surface area (Å²) < 4.78 is 30.2. The second-order valence-corrected chi connectivity index (χ2v) is 8.50. The normalized spacial score (nSPS) is 19.2. The van der Waals surface area contributed by atoms with Crippen LogP contribution in [0.5, 0.6) is 0 Å². The number of halogens is 2. The van der Waals surface area contributed by atoms with Crippen molar-refractivity contribution in [2.45, 2.75) is 44.9 Å². The van der Waals surface area contributed by atoms with E-state index in [1.807, 2.05) is 13.0 Å². The Morgan fingerprint density at radius 2 is 2.09 bits per heavy atom. The molecule has 168 valence electrons. The van der Waals surface area contributed by atoms with E-state index in [-0.39, 0.29) is 12.3 Å². The highest BCUT2D eigenvalue weighted by atomic mass is 19.1. The van der Waals surface area contributed by atoms with Gasteiger partial charge in [-0.15, -0.1) is 0 Å². The van der Waals surface area contributed by atoms with E-state index in [1.165, 1.54) is 6.07 Å². The van der Waals surface area contributed by atoms with Gasteiger partial charge in [-0.1, -0.05) is 19.1 Å². The molecule has 0 bridgehead atoms. The summed E-state index contributed by atoms with van der Waals surface area (Å²) >= 11 is 0. The molecule has 3 aromatic rings. The lowest BCUT2D eigenvalue weighted by Crippen LogP contribution is -2.36. The number of nitriles is 1. The smallest absolute Gasteiger partial charge is 0.222 e. The van der Waals surface area contributed by atoms with Gasteiger partial charge in [0.15, 0.2) is 0 Å². The molecule has 0 radical (unpaired) electrons. The molecule has 0 spiro atoms. The molecule has 1 aliphatic carbocycles. The fraction of sp³-hybridized carbons (Fsp3) is 0.320. The number of rotatable bonds is 3. The molecule has 1 N–H and O–H groups in total.